The number of guanidine groups is 1. The number of amides is 13. The van der Waals surface area contributed by atoms with Crippen LogP contribution in [-0.4, -0.2) is 198 Å². The molecule has 2 heterocycles. The lowest BCUT2D eigenvalue weighted by atomic mass is 10.0. The fourth-order valence-electron chi connectivity index (χ4n) is 11.0. The van der Waals surface area contributed by atoms with Crippen LogP contribution in [0.2, 0.25) is 0 Å². The number of rotatable bonds is 42. The minimum absolute atomic E-state index is 0.0736. The second-order valence-electron chi connectivity index (χ2n) is 24.1. The summed E-state index contributed by atoms with van der Waals surface area (Å²) in [5, 5.41) is 21.1. The number of aliphatic imine (C=N–C) groups is 1. The van der Waals surface area contributed by atoms with E-state index < -0.39 is 169 Å². The predicted molar refractivity (Wildman–Crippen MR) is 356 cm³/mol. The number of likely N-dealkylation sites (tertiary alicyclic amines) is 2. The second-order valence-corrected chi connectivity index (χ2v) is 25.1. The van der Waals surface area contributed by atoms with Gasteiger partial charge in [0, 0.05) is 45.3 Å². The molecule has 32 heteroatoms. The molecule has 0 spiro atoms. The first-order chi connectivity index (χ1) is 45.2. The molecule has 22 N–H and O–H groups in total. The highest BCUT2D eigenvalue weighted by Gasteiger charge is 2.42. The van der Waals surface area contributed by atoms with Gasteiger partial charge in [0.15, 0.2) is 5.96 Å². The van der Waals surface area contributed by atoms with Crippen molar-refractivity contribution in [2.45, 2.75) is 183 Å². The third-order valence-electron chi connectivity index (χ3n) is 16.0. The molecule has 0 saturated carbocycles. The van der Waals surface area contributed by atoms with Gasteiger partial charge < -0.3 is 92.5 Å². The summed E-state index contributed by atoms with van der Waals surface area (Å²) in [5.41, 5.74) is 40.6. The van der Waals surface area contributed by atoms with E-state index in [1.165, 1.54) is 21.6 Å². The molecule has 2 fully saturated rings. The SMILES string of the molecule is CSCC[C@H](NC(=O)[C@H](CC(C)C)NC(=O)CNC(=O)[C@H](Cc1ccccc1)NC(=O)[C@H](Cc1ccccc1)NC(=O)[C@H](CCC(N)=O)NC(=O)[C@H](CCC(N)=O)NC(=O)[C@H]1CCCN1C(=O)[C@@H](CCCCN)NC(=O)[C@@H]1CCCN1C(=O)[C@@H](N)CCCN=C(N)N)C(N)=O. The van der Waals surface area contributed by atoms with Crippen LogP contribution in [-0.2, 0) is 75.2 Å². The predicted octanol–water partition coefficient (Wildman–Crippen LogP) is -3.71. The van der Waals surface area contributed by atoms with E-state index in [9.17, 15) is 62.3 Å². The third kappa shape index (κ3) is 27.5. The van der Waals surface area contributed by atoms with Gasteiger partial charge in [-0.15, -0.1) is 0 Å². The van der Waals surface area contributed by atoms with Crippen LogP contribution < -0.4 is 82.7 Å². The van der Waals surface area contributed by atoms with Gasteiger partial charge in [0.25, 0.3) is 0 Å². The topological polar surface area (TPSA) is 519 Å². The highest BCUT2D eigenvalue weighted by atomic mass is 32.2. The van der Waals surface area contributed by atoms with Gasteiger partial charge in [-0.3, -0.25) is 67.3 Å². The van der Waals surface area contributed by atoms with Crippen LogP contribution in [0.5, 0.6) is 0 Å². The Kier molecular flexibility index (Phi) is 33.9. The summed E-state index contributed by atoms with van der Waals surface area (Å²) >= 11 is 1.45. The zero-order chi connectivity index (χ0) is 70.1. The summed E-state index contributed by atoms with van der Waals surface area (Å²) < 4.78 is 0. The smallest absolute Gasteiger partial charge is 0.245 e. The minimum Gasteiger partial charge on any atom is -0.370 e. The average molecular weight is 1350 g/mol. The summed E-state index contributed by atoms with van der Waals surface area (Å²) in [6.07, 6.45) is 3.12. The molecule has 2 saturated heterocycles. The molecule has 10 atom stereocenters. The third-order valence-corrected chi connectivity index (χ3v) is 16.7. The molecule has 95 heavy (non-hydrogen) atoms. The molecular formula is C63H98N18O13S. The summed E-state index contributed by atoms with van der Waals surface area (Å²) in [6.45, 7) is 3.86. The quantitative estimate of drug-likeness (QED) is 0.0173. The average Bonchev–Trinajstić information content (AvgIpc) is 1.74. The van der Waals surface area contributed by atoms with Crippen molar-refractivity contribution in [1.82, 2.24) is 52.3 Å². The van der Waals surface area contributed by atoms with Gasteiger partial charge in [-0.05, 0) is 119 Å². The zero-order valence-electron chi connectivity index (χ0n) is 54.5. The maximum absolute atomic E-state index is 14.7. The standard InChI is InChI=1S/C63H98N18O13S/c1-37(2)33-45(57(89)74-41(53(68)85)27-32-95-3)73-52(84)36-72-54(86)46(34-38-15-6-4-7-16-38)78-58(90)47(35-39-17-8-5-9-18-39)79-56(88)42(23-25-50(66)82)75-55(87)43(24-26-51(67)83)76-59(91)49-22-14-31-81(49)62(94)44(20-10-11-28-64)77-60(92)48-21-13-30-80(48)61(93)40(65)19-12-29-71-63(69)70/h4-9,15-18,37,40-49H,10-14,19-36,64-65H2,1-3H3,(H2,66,82)(H2,67,83)(H2,68,85)(H,72,86)(H,73,84)(H,74,89)(H,75,87)(H,76,91)(H,77,92)(H,78,90)(H,79,88)(H4,69,70,71)/t40-,41-,42-,43-,44+,45-,46-,47-,48-,49+/m0/s1. The van der Waals surface area contributed by atoms with Crippen LogP contribution in [0.15, 0.2) is 65.7 Å². The van der Waals surface area contributed by atoms with Crippen LogP contribution in [0.1, 0.15) is 121 Å². The van der Waals surface area contributed by atoms with Crippen molar-refractivity contribution in [2.24, 2.45) is 51.0 Å². The Balaban J connectivity index is 1.56. The van der Waals surface area contributed by atoms with Gasteiger partial charge >= 0.3 is 0 Å². The van der Waals surface area contributed by atoms with Crippen LogP contribution in [0, 0.1) is 5.92 Å². The van der Waals surface area contributed by atoms with Crippen LogP contribution >= 0.6 is 11.8 Å². The Morgan fingerprint density at radius 2 is 1.01 bits per heavy atom. The number of unbranched alkanes of at least 4 members (excludes halogenated alkanes) is 1. The number of thioether (sulfide) groups is 1. The van der Waals surface area contributed by atoms with Crippen LogP contribution in [0.3, 0.4) is 0 Å². The maximum Gasteiger partial charge on any atom is 0.245 e. The number of nitrogens with two attached hydrogens (primary N) is 7. The molecular weight excluding hydrogens is 1250 g/mol. The second kappa shape index (κ2) is 41.0. The summed E-state index contributed by atoms with van der Waals surface area (Å²) in [5.74, 6) is -9.80. The molecule has 0 aromatic heterocycles. The molecule has 2 aromatic carbocycles. The fourth-order valence-corrected chi connectivity index (χ4v) is 11.5. The van der Waals surface area contributed by atoms with Crippen molar-refractivity contribution in [3.8, 4) is 0 Å². The van der Waals surface area contributed by atoms with E-state index in [0.717, 1.165) is 0 Å². The number of hydrogen-bond donors (Lipinski definition) is 15. The van der Waals surface area contributed by atoms with Gasteiger partial charge in [-0.25, -0.2) is 0 Å². The normalized spacial score (nSPS) is 16.8. The Bertz CT molecular complexity index is 2960. The Morgan fingerprint density at radius 3 is 1.51 bits per heavy atom. The summed E-state index contributed by atoms with van der Waals surface area (Å²) in [6, 6.07) is 4.51. The Hall–Kier alpha value is -8.91. The Morgan fingerprint density at radius 1 is 0.537 bits per heavy atom. The largest absolute Gasteiger partial charge is 0.370 e. The Labute approximate surface area is 558 Å². The number of nitrogens with zero attached hydrogens (tertiary/aromatic N) is 3. The van der Waals surface area contributed by atoms with E-state index in [2.05, 4.69) is 47.5 Å². The van der Waals surface area contributed by atoms with Gasteiger partial charge in [0.1, 0.15) is 54.4 Å². The number of primary amides is 3. The number of hydrogen-bond acceptors (Lipinski definition) is 17. The molecule has 13 amide bonds. The lowest BCUT2D eigenvalue weighted by Crippen LogP contribution is -2.60. The van der Waals surface area contributed by atoms with E-state index >= 15 is 0 Å². The van der Waals surface area contributed by atoms with Gasteiger partial charge in [0.2, 0.25) is 76.8 Å². The lowest BCUT2D eigenvalue weighted by molar-refractivity contribution is -0.144. The molecule has 524 valence electrons. The first-order valence-electron chi connectivity index (χ1n) is 32.2. The lowest BCUT2D eigenvalue weighted by Gasteiger charge is -2.32. The first-order valence-corrected chi connectivity index (χ1v) is 33.6. The number of nitrogens with one attached hydrogen (secondary N) is 8. The number of carbonyl (C=O) groups excluding carboxylic acids is 13. The van der Waals surface area contributed by atoms with E-state index in [1.54, 1.807) is 60.7 Å². The molecule has 2 aliphatic rings. The van der Waals surface area contributed by atoms with Crippen molar-refractivity contribution in [1.29, 1.82) is 0 Å². The molecule has 0 unspecified atom stereocenters. The molecule has 31 nitrogen and oxygen atoms in total. The zero-order valence-corrected chi connectivity index (χ0v) is 55.3. The van der Waals surface area contributed by atoms with Crippen molar-refractivity contribution >= 4 is 94.5 Å². The fraction of sp³-hybridized carbons (Fsp3) is 0.587. The molecule has 2 aliphatic heterocycles. The first kappa shape index (κ1) is 78.5. The summed E-state index contributed by atoms with van der Waals surface area (Å²) in [7, 11) is 0. The monoisotopic (exact) mass is 1350 g/mol. The molecule has 0 aliphatic carbocycles. The van der Waals surface area contributed by atoms with Crippen molar-refractivity contribution in [2.75, 3.05) is 44.7 Å². The highest BCUT2D eigenvalue weighted by molar-refractivity contribution is 7.98. The van der Waals surface area contributed by atoms with Gasteiger partial charge in [0.05, 0.1) is 12.6 Å². The molecule has 0 bridgehead atoms. The van der Waals surface area contributed by atoms with Crippen molar-refractivity contribution in [3.05, 3.63) is 71.8 Å². The number of carbonyl (C=O) groups is 13. The minimum atomic E-state index is -1.64. The van der Waals surface area contributed by atoms with E-state index in [0.29, 0.717) is 55.4 Å². The van der Waals surface area contributed by atoms with Crippen LogP contribution in [0.25, 0.3) is 0 Å². The highest BCUT2D eigenvalue weighted by Crippen LogP contribution is 2.24. The maximum atomic E-state index is 14.7. The number of benzene rings is 2. The molecule has 0 radical (unpaired) electrons. The molecule has 2 aromatic rings. The summed E-state index contributed by atoms with van der Waals surface area (Å²) in [4.78, 5) is 185. The van der Waals surface area contributed by atoms with Crippen molar-refractivity contribution in [3.63, 3.8) is 0 Å². The van der Waals surface area contributed by atoms with Gasteiger partial charge in [-0.2, -0.15) is 11.8 Å². The van der Waals surface area contributed by atoms with Crippen molar-refractivity contribution < 1.29 is 62.3 Å². The van der Waals surface area contributed by atoms with Gasteiger partial charge in [-0.1, -0.05) is 74.5 Å². The van der Waals surface area contributed by atoms with E-state index in [4.69, 9.17) is 40.1 Å². The molecule has 4 rings (SSSR count). The van der Waals surface area contributed by atoms with Crippen LogP contribution in [0.4, 0.5) is 0 Å². The van der Waals surface area contributed by atoms with E-state index in [1.807, 2.05) is 20.1 Å². The van der Waals surface area contributed by atoms with E-state index in [-0.39, 0.29) is 83.0 Å².